The lowest BCUT2D eigenvalue weighted by Crippen LogP contribution is -2.28. The van der Waals surface area contributed by atoms with Crippen molar-refractivity contribution in [3.63, 3.8) is 0 Å². The van der Waals surface area contributed by atoms with Gasteiger partial charge in [0.05, 0.1) is 0 Å². The zero-order valence-electron chi connectivity index (χ0n) is 11.0. The fourth-order valence-corrected chi connectivity index (χ4v) is 2.52. The minimum Gasteiger partial charge on any atom is -0.477 e. The van der Waals surface area contributed by atoms with Gasteiger partial charge in [0.1, 0.15) is 5.01 Å². The van der Waals surface area contributed by atoms with Crippen LogP contribution in [-0.2, 0) is 20.8 Å². The summed E-state index contributed by atoms with van der Waals surface area (Å²) in [5.41, 5.74) is -0.164. The second kappa shape index (κ2) is 5.95. The number of hydrogen-bond acceptors (Lipinski definition) is 7. The van der Waals surface area contributed by atoms with Crippen molar-refractivity contribution < 1.29 is 19.5 Å². The SMILES string of the molecule is CC(C)Cc1nnc(NC(=O)C2CC(C(=O)O)=NO2)s1. The molecule has 2 heterocycles. The minimum atomic E-state index is -1.18. The lowest BCUT2D eigenvalue weighted by molar-refractivity contribution is -0.129. The highest BCUT2D eigenvalue weighted by Crippen LogP contribution is 2.20. The summed E-state index contributed by atoms with van der Waals surface area (Å²) < 4.78 is 0. The van der Waals surface area contributed by atoms with E-state index < -0.39 is 18.0 Å². The molecule has 1 aromatic rings. The van der Waals surface area contributed by atoms with Crippen LogP contribution in [0.3, 0.4) is 0 Å². The highest BCUT2D eigenvalue weighted by Gasteiger charge is 2.32. The van der Waals surface area contributed by atoms with Gasteiger partial charge in [-0.25, -0.2) is 4.79 Å². The van der Waals surface area contributed by atoms with Crippen molar-refractivity contribution in [3.05, 3.63) is 5.01 Å². The number of carboxylic acids is 1. The predicted octanol–water partition coefficient (Wildman–Crippen LogP) is 0.905. The van der Waals surface area contributed by atoms with Gasteiger partial charge >= 0.3 is 5.97 Å². The minimum absolute atomic E-state index is 0.0567. The maximum Gasteiger partial charge on any atom is 0.353 e. The molecule has 2 N–H and O–H groups in total. The molecule has 1 aliphatic heterocycles. The summed E-state index contributed by atoms with van der Waals surface area (Å²) in [6, 6.07) is 0. The quantitative estimate of drug-likeness (QED) is 0.835. The van der Waals surface area contributed by atoms with E-state index >= 15 is 0 Å². The summed E-state index contributed by atoms with van der Waals surface area (Å²) >= 11 is 1.29. The number of oxime groups is 1. The van der Waals surface area contributed by atoms with E-state index in [0.29, 0.717) is 11.0 Å². The number of carbonyl (C=O) groups excluding carboxylic acids is 1. The lowest BCUT2D eigenvalue weighted by Gasteiger charge is -2.06. The molecule has 1 atom stereocenters. The fourth-order valence-electron chi connectivity index (χ4n) is 1.57. The summed E-state index contributed by atoms with van der Waals surface area (Å²) in [5.74, 6) is -1.20. The second-order valence-corrected chi connectivity index (χ2v) is 5.79. The molecule has 9 heteroatoms. The van der Waals surface area contributed by atoms with Gasteiger partial charge in [-0.3, -0.25) is 10.1 Å². The first-order valence-corrected chi connectivity index (χ1v) is 6.86. The topological polar surface area (TPSA) is 114 Å². The number of nitrogens with zero attached hydrogens (tertiary/aromatic N) is 3. The number of anilines is 1. The van der Waals surface area contributed by atoms with E-state index in [1.54, 1.807) is 0 Å². The third-order valence-corrected chi connectivity index (χ3v) is 3.35. The van der Waals surface area contributed by atoms with Crippen LogP contribution in [0.1, 0.15) is 25.3 Å². The maximum atomic E-state index is 11.9. The van der Waals surface area contributed by atoms with E-state index in [-0.39, 0.29) is 12.1 Å². The second-order valence-electron chi connectivity index (χ2n) is 4.73. The number of hydrogen-bond donors (Lipinski definition) is 2. The average Bonchev–Trinajstić information content (AvgIpc) is 2.97. The number of aliphatic carboxylic acids is 1. The van der Waals surface area contributed by atoms with Crippen LogP contribution in [0, 0.1) is 5.92 Å². The van der Waals surface area contributed by atoms with E-state index in [1.807, 2.05) is 0 Å². The third kappa shape index (κ3) is 3.50. The van der Waals surface area contributed by atoms with Crippen molar-refractivity contribution in [2.45, 2.75) is 32.8 Å². The highest BCUT2D eigenvalue weighted by molar-refractivity contribution is 7.15. The van der Waals surface area contributed by atoms with Gasteiger partial charge in [-0.2, -0.15) is 0 Å². The smallest absolute Gasteiger partial charge is 0.353 e. The van der Waals surface area contributed by atoms with Crippen molar-refractivity contribution in [2.75, 3.05) is 5.32 Å². The third-order valence-electron chi connectivity index (χ3n) is 2.49. The van der Waals surface area contributed by atoms with Gasteiger partial charge in [-0.05, 0) is 5.92 Å². The zero-order valence-corrected chi connectivity index (χ0v) is 11.8. The predicted molar refractivity (Wildman–Crippen MR) is 71.6 cm³/mol. The first-order chi connectivity index (χ1) is 9.45. The molecule has 1 unspecified atom stereocenters. The van der Waals surface area contributed by atoms with Gasteiger partial charge in [0, 0.05) is 12.8 Å². The Morgan fingerprint density at radius 3 is 2.85 bits per heavy atom. The van der Waals surface area contributed by atoms with Crippen LogP contribution < -0.4 is 5.32 Å². The summed E-state index contributed by atoms with van der Waals surface area (Å²) in [4.78, 5) is 27.3. The van der Waals surface area contributed by atoms with Gasteiger partial charge in [0.15, 0.2) is 5.71 Å². The van der Waals surface area contributed by atoms with E-state index in [1.165, 1.54) is 11.3 Å². The molecular weight excluding hydrogens is 284 g/mol. The fraction of sp³-hybridized carbons (Fsp3) is 0.545. The van der Waals surface area contributed by atoms with Crippen LogP contribution in [0.2, 0.25) is 0 Å². The van der Waals surface area contributed by atoms with Gasteiger partial charge in [-0.1, -0.05) is 30.3 Å². The van der Waals surface area contributed by atoms with Gasteiger partial charge in [0.2, 0.25) is 11.2 Å². The monoisotopic (exact) mass is 298 g/mol. The first-order valence-electron chi connectivity index (χ1n) is 6.05. The highest BCUT2D eigenvalue weighted by atomic mass is 32.1. The molecule has 0 aromatic carbocycles. The van der Waals surface area contributed by atoms with Gasteiger partial charge < -0.3 is 9.94 Å². The maximum absolute atomic E-state index is 11.9. The summed E-state index contributed by atoms with van der Waals surface area (Å²) in [6.07, 6.45) is -0.197. The molecule has 0 aliphatic carbocycles. The van der Waals surface area contributed by atoms with Crippen LogP contribution in [-0.4, -0.2) is 39.0 Å². The normalized spacial score (nSPS) is 17.8. The molecule has 1 aromatic heterocycles. The molecule has 20 heavy (non-hydrogen) atoms. The molecule has 1 amide bonds. The molecule has 108 valence electrons. The van der Waals surface area contributed by atoms with Crippen LogP contribution in [0.25, 0.3) is 0 Å². The molecule has 2 rings (SSSR count). The molecule has 0 saturated heterocycles. The van der Waals surface area contributed by atoms with Crippen molar-refractivity contribution >= 4 is 34.1 Å². The number of aromatic nitrogens is 2. The summed E-state index contributed by atoms with van der Waals surface area (Å²) in [5, 5.41) is 23.7. The molecule has 0 saturated carbocycles. The Morgan fingerprint density at radius 1 is 1.50 bits per heavy atom. The van der Waals surface area contributed by atoms with E-state index in [4.69, 9.17) is 9.94 Å². The Kier molecular flexibility index (Phi) is 4.28. The van der Waals surface area contributed by atoms with Crippen molar-refractivity contribution in [2.24, 2.45) is 11.1 Å². The van der Waals surface area contributed by atoms with E-state index in [0.717, 1.165) is 11.4 Å². The molecule has 1 aliphatic rings. The van der Waals surface area contributed by atoms with Crippen LogP contribution in [0.4, 0.5) is 5.13 Å². The zero-order chi connectivity index (χ0) is 14.7. The average molecular weight is 298 g/mol. The Labute approximate surface area is 118 Å². The molecule has 0 spiro atoms. The van der Waals surface area contributed by atoms with Crippen molar-refractivity contribution in [1.29, 1.82) is 0 Å². The first kappa shape index (κ1) is 14.4. The van der Waals surface area contributed by atoms with E-state index in [2.05, 4.69) is 34.5 Å². The Balaban J connectivity index is 1.89. The Bertz CT molecular complexity index is 554. The molecule has 0 radical (unpaired) electrons. The Morgan fingerprint density at radius 2 is 2.25 bits per heavy atom. The van der Waals surface area contributed by atoms with Crippen molar-refractivity contribution in [1.82, 2.24) is 10.2 Å². The standard InChI is InChI=1S/C11H14N4O4S/c1-5(2)3-8-13-14-11(20-8)12-9(16)7-4-6(10(17)18)15-19-7/h5,7H,3-4H2,1-2H3,(H,17,18)(H,12,14,16). The largest absolute Gasteiger partial charge is 0.477 e. The number of carboxylic acid groups (broad SMARTS) is 1. The molecule has 8 nitrogen and oxygen atoms in total. The Hall–Kier alpha value is -2.03. The summed E-state index contributed by atoms with van der Waals surface area (Å²) in [6.45, 7) is 4.13. The molecule has 0 bridgehead atoms. The van der Waals surface area contributed by atoms with Crippen LogP contribution in [0.5, 0.6) is 0 Å². The van der Waals surface area contributed by atoms with Crippen molar-refractivity contribution in [3.8, 4) is 0 Å². The molecule has 0 fully saturated rings. The van der Waals surface area contributed by atoms with E-state index in [9.17, 15) is 9.59 Å². The van der Waals surface area contributed by atoms with Crippen LogP contribution >= 0.6 is 11.3 Å². The van der Waals surface area contributed by atoms with Gasteiger partial charge in [-0.15, -0.1) is 10.2 Å². The lowest BCUT2D eigenvalue weighted by atomic mass is 10.1. The number of nitrogens with one attached hydrogen (secondary N) is 1. The molecular formula is C11H14N4O4S. The number of rotatable bonds is 5. The number of amides is 1. The van der Waals surface area contributed by atoms with Crippen LogP contribution in [0.15, 0.2) is 5.16 Å². The number of carbonyl (C=O) groups is 2. The summed E-state index contributed by atoms with van der Waals surface area (Å²) in [7, 11) is 0. The van der Waals surface area contributed by atoms with Gasteiger partial charge in [0.25, 0.3) is 5.91 Å².